The largest absolute Gasteiger partial charge is 0.480 e. The summed E-state index contributed by atoms with van der Waals surface area (Å²) in [6.45, 7) is 0.0984. The fourth-order valence-corrected chi connectivity index (χ4v) is 5.43. The molecule has 4 rings (SSSR count). The number of hydrogen-bond acceptors (Lipinski definition) is 3. The van der Waals surface area contributed by atoms with Gasteiger partial charge in [0.25, 0.3) is 0 Å². The zero-order chi connectivity index (χ0) is 22.7. The summed E-state index contributed by atoms with van der Waals surface area (Å²) in [5, 5.41) is 20.9. The Hall–Kier alpha value is -3.35. The van der Waals surface area contributed by atoms with Crippen LogP contribution in [0.15, 0.2) is 60.7 Å². The van der Waals surface area contributed by atoms with Gasteiger partial charge in [0.05, 0.1) is 0 Å². The first-order chi connectivity index (χ1) is 15.5. The van der Waals surface area contributed by atoms with Crippen LogP contribution in [0.2, 0.25) is 0 Å². The molecule has 2 fully saturated rings. The number of nitrogens with zero attached hydrogens (tertiary/aromatic N) is 2. The Morgan fingerprint density at radius 3 is 1.88 bits per heavy atom. The van der Waals surface area contributed by atoms with E-state index in [-0.39, 0.29) is 13.1 Å². The molecule has 0 radical (unpaired) electrons. The van der Waals surface area contributed by atoms with Gasteiger partial charge in [-0.05, 0) is 29.9 Å². The summed E-state index contributed by atoms with van der Waals surface area (Å²) in [5.74, 6) is -2.95. The van der Waals surface area contributed by atoms with Gasteiger partial charge in [-0.3, -0.25) is 0 Å². The van der Waals surface area contributed by atoms with Crippen molar-refractivity contribution in [3.05, 3.63) is 71.8 Å². The molecule has 2 aliphatic rings. The van der Waals surface area contributed by atoms with Gasteiger partial charge in [0.2, 0.25) is 0 Å². The second kappa shape index (κ2) is 9.02. The van der Waals surface area contributed by atoms with Crippen LogP contribution in [0.1, 0.15) is 43.2 Å². The van der Waals surface area contributed by atoms with Crippen LogP contribution in [0.25, 0.3) is 0 Å². The highest BCUT2D eigenvalue weighted by atomic mass is 16.4. The molecule has 7 nitrogen and oxygen atoms in total. The number of carboxylic acids is 2. The molecule has 1 saturated carbocycles. The molecule has 1 aliphatic carbocycles. The van der Waals surface area contributed by atoms with E-state index in [1.165, 1.54) is 9.80 Å². The molecule has 2 amide bonds. The second-order valence-corrected chi connectivity index (χ2v) is 8.67. The summed E-state index contributed by atoms with van der Waals surface area (Å²) in [5.41, 5.74) is -0.293. The zero-order valence-electron chi connectivity index (χ0n) is 17.9. The molecule has 32 heavy (non-hydrogen) atoms. The van der Waals surface area contributed by atoms with Crippen LogP contribution >= 0.6 is 0 Å². The molecule has 0 aromatic heterocycles. The number of amides is 2. The van der Waals surface area contributed by atoms with E-state index < -0.39 is 35.5 Å². The predicted octanol–water partition coefficient (Wildman–Crippen LogP) is 3.98. The summed E-state index contributed by atoms with van der Waals surface area (Å²) >= 11 is 0. The fourth-order valence-electron chi connectivity index (χ4n) is 5.43. The van der Waals surface area contributed by atoms with Crippen LogP contribution in [0.4, 0.5) is 4.79 Å². The van der Waals surface area contributed by atoms with E-state index in [2.05, 4.69) is 0 Å². The molecule has 0 bridgehead atoms. The lowest BCUT2D eigenvalue weighted by Gasteiger charge is -2.43. The third-order valence-corrected chi connectivity index (χ3v) is 6.84. The highest BCUT2D eigenvalue weighted by molar-refractivity contribution is 5.99. The Bertz CT molecular complexity index is 974. The van der Waals surface area contributed by atoms with Crippen molar-refractivity contribution in [1.82, 2.24) is 9.80 Å². The van der Waals surface area contributed by atoms with E-state index in [0.717, 1.165) is 30.4 Å². The van der Waals surface area contributed by atoms with Crippen molar-refractivity contribution in [2.75, 3.05) is 0 Å². The number of benzene rings is 2. The maximum atomic E-state index is 13.7. The number of carbonyl (C=O) groups is 3. The number of urea groups is 1. The summed E-state index contributed by atoms with van der Waals surface area (Å²) in [7, 11) is 0. The summed E-state index contributed by atoms with van der Waals surface area (Å²) < 4.78 is 0. The topological polar surface area (TPSA) is 98.2 Å². The lowest BCUT2D eigenvalue weighted by Crippen LogP contribution is -2.65. The van der Waals surface area contributed by atoms with Gasteiger partial charge in [0.15, 0.2) is 11.6 Å². The Morgan fingerprint density at radius 2 is 1.38 bits per heavy atom. The van der Waals surface area contributed by atoms with Crippen molar-refractivity contribution in [2.24, 2.45) is 5.92 Å². The minimum Gasteiger partial charge on any atom is -0.480 e. The van der Waals surface area contributed by atoms with Gasteiger partial charge < -0.3 is 20.0 Å². The highest BCUT2D eigenvalue weighted by Crippen LogP contribution is 2.46. The molecule has 1 aliphatic heterocycles. The molecule has 0 spiro atoms. The van der Waals surface area contributed by atoms with Gasteiger partial charge in [0, 0.05) is 13.1 Å². The third kappa shape index (κ3) is 3.72. The fraction of sp³-hybridized carbons (Fsp3) is 0.400. The van der Waals surface area contributed by atoms with Crippen LogP contribution < -0.4 is 0 Å². The van der Waals surface area contributed by atoms with Crippen molar-refractivity contribution in [3.63, 3.8) is 0 Å². The SMILES string of the molecule is O=C(O)[C@@H]1N(Cc2ccccc2)C(=O)N(Cc2ccccc2)[C@@]1(C(=O)O)C1CCCCC1. The molecule has 1 saturated heterocycles. The molecular formula is C25H28N2O5. The Balaban J connectivity index is 1.84. The second-order valence-electron chi connectivity index (χ2n) is 8.67. The maximum absolute atomic E-state index is 13.7. The highest BCUT2D eigenvalue weighted by Gasteiger charge is 2.68. The molecule has 2 atom stereocenters. The van der Waals surface area contributed by atoms with Crippen molar-refractivity contribution >= 4 is 18.0 Å². The summed E-state index contributed by atoms with van der Waals surface area (Å²) in [6, 6.07) is 16.3. The minimum atomic E-state index is -1.83. The molecule has 2 N–H and O–H groups in total. The molecule has 2 aromatic rings. The zero-order valence-corrected chi connectivity index (χ0v) is 17.9. The van der Waals surface area contributed by atoms with E-state index >= 15 is 0 Å². The van der Waals surface area contributed by atoms with Gasteiger partial charge >= 0.3 is 18.0 Å². The molecule has 7 heteroatoms. The van der Waals surface area contributed by atoms with Crippen molar-refractivity contribution in [2.45, 2.75) is 56.8 Å². The van der Waals surface area contributed by atoms with E-state index in [9.17, 15) is 24.6 Å². The molecule has 2 aromatic carbocycles. The number of aliphatic carboxylic acids is 2. The average Bonchev–Trinajstić information content (AvgIpc) is 3.05. The van der Waals surface area contributed by atoms with Crippen LogP contribution in [0.5, 0.6) is 0 Å². The monoisotopic (exact) mass is 436 g/mol. The van der Waals surface area contributed by atoms with Crippen LogP contribution in [0.3, 0.4) is 0 Å². The first-order valence-electron chi connectivity index (χ1n) is 11.1. The Kier molecular flexibility index (Phi) is 6.17. The van der Waals surface area contributed by atoms with Crippen molar-refractivity contribution in [1.29, 1.82) is 0 Å². The van der Waals surface area contributed by atoms with Crippen molar-refractivity contribution < 1.29 is 24.6 Å². The lowest BCUT2D eigenvalue weighted by molar-refractivity contribution is -0.164. The number of hydrogen-bond donors (Lipinski definition) is 2. The van der Waals surface area contributed by atoms with Crippen LogP contribution in [-0.4, -0.2) is 49.6 Å². The number of carbonyl (C=O) groups excluding carboxylic acids is 1. The van der Waals surface area contributed by atoms with Crippen molar-refractivity contribution in [3.8, 4) is 0 Å². The van der Waals surface area contributed by atoms with Gasteiger partial charge in [-0.1, -0.05) is 79.9 Å². The minimum absolute atomic E-state index is 0.0453. The molecule has 0 unspecified atom stereocenters. The maximum Gasteiger partial charge on any atom is 0.332 e. The predicted molar refractivity (Wildman–Crippen MR) is 118 cm³/mol. The number of carboxylic acid groups (broad SMARTS) is 2. The molecule has 1 heterocycles. The third-order valence-electron chi connectivity index (χ3n) is 6.84. The van der Waals surface area contributed by atoms with E-state index in [4.69, 9.17) is 0 Å². The van der Waals surface area contributed by atoms with E-state index in [0.29, 0.717) is 12.8 Å². The lowest BCUT2D eigenvalue weighted by atomic mass is 9.70. The average molecular weight is 437 g/mol. The Morgan fingerprint density at radius 1 is 0.844 bits per heavy atom. The summed E-state index contributed by atoms with van der Waals surface area (Å²) in [4.78, 5) is 41.9. The first kappa shape index (κ1) is 21.9. The van der Waals surface area contributed by atoms with Gasteiger partial charge in [-0.2, -0.15) is 0 Å². The molecule has 168 valence electrons. The number of rotatable bonds is 7. The van der Waals surface area contributed by atoms with Crippen LogP contribution in [0, 0.1) is 5.92 Å². The molecular weight excluding hydrogens is 408 g/mol. The first-order valence-corrected chi connectivity index (χ1v) is 11.1. The van der Waals surface area contributed by atoms with Gasteiger partial charge in [0.1, 0.15) is 0 Å². The normalized spacial score (nSPS) is 24.0. The smallest absolute Gasteiger partial charge is 0.332 e. The Labute approximate surface area is 187 Å². The van der Waals surface area contributed by atoms with E-state index in [1.807, 2.05) is 60.7 Å². The van der Waals surface area contributed by atoms with E-state index in [1.54, 1.807) is 0 Å². The standard InChI is InChI=1S/C25H28N2O5/c28-22(29)21-25(23(30)31,20-14-8-3-9-15-20)27(17-19-12-6-2-7-13-19)24(32)26(21)16-18-10-4-1-5-11-18/h1-2,4-7,10-13,20-21H,3,8-9,14-17H2,(H,28,29)(H,30,31)/t21-,25-/m0/s1. The summed E-state index contributed by atoms with van der Waals surface area (Å²) in [6.07, 6.45) is 3.84. The van der Waals surface area contributed by atoms with Gasteiger partial charge in [-0.25, -0.2) is 14.4 Å². The quantitative estimate of drug-likeness (QED) is 0.684. The van der Waals surface area contributed by atoms with Crippen LogP contribution in [-0.2, 0) is 22.7 Å². The van der Waals surface area contributed by atoms with Gasteiger partial charge in [-0.15, -0.1) is 0 Å².